The summed E-state index contributed by atoms with van der Waals surface area (Å²) >= 11 is 0. The van der Waals surface area contributed by atoms with E-state index in [0.29, 0.717) is 34.8 Å². The van der Waals surface area contributed by atoms with Crippen LogP contribution < -0.4 is 19.5 Å². The molecule has 112 valence electrons. The van der Waals surface area contributed by atoms with Crippen molar-refractivity contribution in [2.45, 2.75) is 13.8 Å². The van der Waals surface area contributed by atoms with Crippen LogP contribution in [-0.2, 0) is 0 Å². The Morgan fingerprint density at radius 3 is 2.33 bits per heavy atom. The van der Waals surface area contributed by atoms with Gasteiger partial charge >= 0.3 is 0 Å². The number of methoxy groups -OCH3 is 2. The lowest BCUT2D eigenvalue weighted by molar-refractivity contribution is 0.341. The van der Waals surface area contributed by atoms with Gasteiger partial charge in [-0.05, 0) is 26.0 Å². The van der Waals surface area contributed by atoms with Gasteiger partial charge in [-0.25, -0.2) is 4.98 Å². The van der Waals surface area contributed by atoms with E-state index in [4.69, 9.17) is 14.2 Å². The predicted octanol–water partition coefficient (Wildman–Crippen LogP) is 3.03. The number of nitrogens with one attached hydrogen (secondary N) is 1. The molecule has 0 aliphatic carbocycles. The zero-order valence-electron chi connectivity index (χ0n) is 12.6. The molecular formula is C15H19N3O3. The number of anilines is 1. The quantitative estimate of drug-likeness (QED) is 0.881. The van der Waals surface area contributed by atoms with E-state index in [1.807, 2.05) is 19.9 Å². The van der Waals surface area contributed by atoms with Gasteiger partial charge in [-0.3, -0.25) is 0 Å². The van der Waals surface area contributed by atoms with Gasteiger partial charge in [0.25, 0.3) is 0 Å². The minimum absolute atomic E-state index is 0.432. The van der Waals surface area contributed by atoms with E-state index in [1.54, 1.807) is 32.4 Å². The molecule has 21 heavy (non-hydrogen) atoms. The second-order valence-electron chi connectivity index (χ2n) is 4.26. The van der Waals surface area contributed by atoms with E-state index in [1.165, 1.54) is 0 Å². The van der Waals surface area contributed by atoms with E-state index in [-0.39, 0.29) is 0 Å². The van der Waals surface area contributed by atoms with E-state index < -0.39 is 0 Å². The minimum atomic E-state index is 0.432. The first-order chi connectivity index (χ1) is 10.2. The fourth-order valence-corrected chi connectivity index (χ4v) is 1.89. The molecule has 0 saturated heterocycles. The molecule has 0 spiro atoms. The molecule has 1 aromatic carbocycles. The van der Waals surface area contributed by atoms with Crippen molar-refractivity contribution in [3.63, 3.8) is 0 Å². The Morgan fingerprint density at radius 1 is 1.10 bits per heavy atom. The van der Waals surface area contributed by atoms with Crippen molar-refractivity contribution in [1.29, 1.82) is 0 Å². The van der Waals surface area contributed by atoms with Crippen LogP contribution in [0.15, 0.2) is 24.3 Å². The Morgan fingerprint density at radius 2 is 1.76 bits per heavy atom. The average Bonchev–Trinajstić information content (AvgIpc) is 2.47. The summed E-state index contributed by atoms with van der Waals surface area (Å²) in [6.07, 6.45) is 0. The summed E-state index contributed by atoms with van der Waals surface area (Å²) in [5.74, 6) is 3.42. The normalized spacial score (nSPS) is 10.1. The van der Waals surface area contributed by atoms with Crippen molar-refractivity contribution >= 4 is 5.82 Å². The Bertz CT molecular complexity index is 595. The lowest BCUT2D eigenvalue weighted by Crippen LogP contribution is -2.03. The first kappa shape index (κ1) is 14.9. The number of para-hydroxylation sites is 1. The molecule has 0 radical (unpaired) electrons. The van der Waals surface area contributed by atoms with Crippen molar-refractivity contribution in [1.82, 2.24) is 9.97 Å². The first-order valence-corrected chi connectivity index (χ1v) is 6.66. The third kappa shape index (κ3) is 3.53. The summed E-state index contributed by atoms with van der Waals surface area (Å²) in [5, 5.41) is 3.14. The molecule has 0 aliphatic heterocycles. The standard InChI is InChI=1S/C15H19N3O3/c1-5-16-13-9-14(18-10(2)17-13)21-15-11(19-3)7-6-8-12(15)20-4/h6-9H,5H2,1-4H3,(H,16,17,18). The zero-order valence-corrected chi connectivity index (χ0v) is 12.6. The predicted molar refractivity (Wildman–Crippen MR) is 80.6 cm³/mol. The van der Waals surface area contributed by atoms with E-state index >= 15 is 0 Å². The number of nitrogens with zero attached hydrogens (tertiary/aromatic N) is 2. The molecule has 2 aromatic rings. The number of ether oxygens (including phenoxy) is 3. The van der Waals surface area contributed by atoms with Gasteiger partial charge in [-0.2, -0.15) is 4.98 Å². The number of aromatic nitrogens is 2. The van der Waals surface area contributed by atoms with Crippen molar-refractivity contribution in [2.75, 3.05) is 26.1 Å². The number of hydrogen-bond donors (Lipinski definition) is 1. The van der Waals surface area contributed by atoms with E-state index in [0.717, 1.165) is 6.54 Å². The van der Waals surface area contributed by atoms with Crippen LogP contribution in [0.2, 0.25) is 0 Å². The third-order valence-electron chi connectivity index (χ3n) is 2.76. The van der Waals surface area contributed by atoms with Gasteiger partial charge in [-0.15, -0.1) is 0 Å². The molecule has 1 aromatic heterocycles. The summed E-state index contributed by atoms with van der Waals surface area (Å²) in [6, 6.07) is 7.18. The highest BCUT2D eigenvalue weighted by molar-refractivity contribution is 5.53. The van der Waals surface area contributed by atoms with Crippen molar-refractivity contribution in [3.05, 3.63) is 30.1 Å². The lowest BCUT2D eigenvalue weighted by atomic mass is 10.3. The summed E-state index contributed by atoms with van der Waals surface area (Å²) in [6.45, 7) is 4.59. The molecule has 0 fully saturated rings. The number of hydrogen-bond acceptors (Lipinski definition) is 6. The van der Waals surface area contributed by atoms with Gasteiger partial charge in [0, 0.05) is 12.6 Å². The van der Waals surface area contributed by atoms with Crippen LogP contribution >= 0.6 is 0 Å². The Hall–Kier alpha value is -2.50. The molecule has 0 aliphatic rings. The van der Waals surface area contributed by atoms with Crippen LogP contribution in [0.3, 0.4) is 0 Å². The van der Waals surface area contributed by atoms with Gasteiger partial charge in [-0.1, -0.05) is 6.07 Å². The first-order valence-electron chi connectivity index (χ1n) is 6.66. The van der Waals surface area contributed by atoms with Crippen molar-refractivity contribution in [2.24, 2.45) is 0 Å². The Labute approximate surface area is 124 Å². The molecule has 0 bridgehead atoms. The van der Waals surface area contributed by atoms with Crippen molar-refractivity contribution in [3.8, 4) is 23.1 Å². The monoisotopic (exact) mass is 289 g/mol. The fraction of sp³-hybridized carbons (Fsp3) is 0.333. The number of aryl methyl sites for hydroxylation is 1. The molecule has 0 atom stereocenters. The zero-order chi connectivity index (χ0) is 15.2. The Kier molecular flexibility index (Phi) is 4.81. The number of benzene rings is 1. The van der Waals surface area contributed by atoms with Gasteiger partial charge in [0.05, 0.1) is 14.2 Å². The SMILES string of the molecule is CCNc1cc(Oc2c(OC)cccc2OC)nc(C)n1. The van der Waals surface area contributed by atoms with E-state index in [2.05, 4.69) is 15.3 Å². The molecule has 6 heteroatoms. The van der Waals surface area contributed by atoms with Crippen LogP contribution in [0, 0.1) is 6.92 Å². The second-order valence-corrected chi connectivity index (χ2v) is 4.26. The topological polar surface area (TPSA) is 65.5 Å². The molecule has 1 heterocycles. The highest BCUT2D eigenvalue weighted by atomic mass is 16.5. The molecule has 2 rings (SSSR count). The third-order valence-corrected chi connectivity index (χ3v) is 2.76. The smallest absolute Gasteiger partial charge is 0.225 e. The maximum absolute atomic E-state index is 5.85. The van der Waals surface area contributed by atoms with Crippen molar-refractivity contribution < 1.29 is 14.2 Å². The summed E-state index contributed by atoms with van der Waals surface area (Å²) < 4.78 is 16.5. The highest BCUT2D eigenvalue weighted by Gasteiger charge is 2.14. The fourth-order valence-electron chi connectivity index (χ4n) is 1.89. The van der Waals surface area contributed by atoms with Crippen LogP contribution in [-0.4, -0.2) is 30.7 Å². The summed E-state index contributed by atoms with van der Waals surface area (Å²) in [4.78, 5) is 8.56. The van der Waals surface area contributed by atoms with Crippen LogP contribution in [0.5, 0.6) is 23.1 Å². The maximum Gasteiger partial charge on any atom is 0.225 e. The van der Waals surface area contributed by atoms with Crippen LogP contribution in [0.4, 0.5) is 5.82 Å². The number of rotatable bonds is 6. The molecule has 1 N–H and O–H groups in total. The average molecular weight is 289 g/mol. The molecular weight excluding hydrogens is 270 g/mol. The molecule has 0 unspecified atom stereocenters. The lowest BCUT2D eigenvalue weighted by Gasteiger charge is -2.14. The largest absolute Gasteiger partial charge is 0.493 e. The highest BCUT2D eigenvalue weighted by Crippen LogP contribution is 2.39. The van der Waals surface area contributed by atoms with E-state index in [9.17, 15) is 0 Å². The van der Waals surface area contributed by atoms with Gasteiger partial charge in [0.2, 0.25) is 11.6 Å². The summed E-state index contributed by atoms with van der Waals surface area (Å²) in [5.41, 5.74) is 0. The molecule has 0 saturated carbocycles. The maximum atomic E-state index is 5.85. The van der Waals surface area contributed by atoms with Gasteiger partial charge in [0.1, 0.15) is 11.6 Å². The molecule has 6 nitrogen and oxygen atoms in total. The van der Waals surface area contributed by atoms with Crippen LogP contribution in [0.1, 0.15) is 12.7 Å². The Balaban J connectivity index is 2.37. The molecule has 0 amide bonds. The van der Waals surface area contributed by atoms with Gasteiger partial charge in [0.15, 0.2) is 11.5 Å². The second kappa shape index (κ2) is 6.78. The summed E-state index contributed by atoms with van der Waals surface area (Å²) in [7, 11) is 3.16. The minimum Gasteiger partial charge on any atom is -0.493 e. The van der Waals surface area contributed by atoms with Crippen LogP contribution in [0.25, 0.3) is 0 Å². The van der Waals surface area contributed by atoms with Gasteiger partial charge < -0.3 is 19.5 Å².